The van der Waals surface area contributed by atoms with Crippen LogP contribution in [0.2, 0.25) is 0 Å². The lowest BCUT2D eigenvalue weighted by molar-refractivity contribution is 0.0668. The van der Waals surface area contributed by atoms with Crippen LogP contribution in [0.25, 0.3) is 0 Å². The molecule has 0 spiro atoms. The zero-order valence-electron chi connectivity index (χ0n) is 13.1. The van der Waals surface area contributed by atoms with Crippen molar-refractivity contribution in [2.24, 2.45) is 11.3 Å². The summed E-state index contributed by atoms with van der Waals surface area (Å²) in [5.74, 6) is 0.560. The Kier molecular flexibility index (Phi) is 5.65. The Morgan fingerprint density at radius 3 is 2.26 bits per heavy atom. The summed E-state index contributed by atoms with van der Waals surface area (Å²) in [6.07, 6.45) is 3.04. The number of nitrogens with one attached hydrogen (secondary N) is 2. The van der Waals surface area contributed by atoms with Crippen molar-refractivity contribution >= 4 is 6.03 Å². The number of amides is 2. The van der Waals surface area contributed by atoms with E-state index in [2.05, 4.69) is 45.3 Å². The second-order valence-corrected chi connectivity index (χ2v) is 7.51. The predicted molar refractivity (Wildman–Crippen MR) is 78.2 cm³/mol. The van der Waals surface area contributed by atoms with Crippen LogP contribution in [-0.2, 0) is 4.74 Å². The highest BCUT2D eigenvalue weighted by Crippen LogP contribution is 2.26. The Morgan fingerprint density at radius 1 is 1.16 bits per heavy atom. The molecule has 0 atom stereocenters. The lowest BCUT2D eigenvalue weighted by Gasteiger charge is -2.33. The first-order valence-electron chi connectivity index (χ1n) is 7.32. The first-order chi connectivity index (χ1) is 8.68. The van der Waals surface area contributed by atoms with Gasteiger partial charge in [0.25, 0.3) is 0 Å². The number of rotatable bonds is 4. The largest absolute Gasteiger partial charge is 0.381 e. The zero-order valence-corrected chi connectivity index (χ0v) is 13.1. The van der Waals surface area contributed by atoms with Crippen molar-refractivity contribution in [3.8, 4) is 0 Å². The van der Waals surface area contributed by atoms with Gasteiger partial charge in [-0.15, -0.1) is 0 Å². The highest BCUT2D eigenvalue weighted by atomic mass is 16.5. The molecule has 1 fully saturated rings. The molecule has 19 heavy (non-hydrogen) atoms. The summed E-state index contributed by atoms with van der Waals surface area (Å²) in [6.45, 7) is 13.1. The van der Waals surface area contributed by atoms with Crippen LogP contribution in [-0.4, -0.2) is 31.3 Å². The van der Waals surface area contributed by atoms with Gasteiger partial charge >= 0.3 is 6.03 Å². The third-order valence-corrected chi connectivity index (χ3v) is 3.32. The van der Waals surface area contributed by atoms with Crippen molar-refractivity contribution in [3.05, 3.63) is 0 Å². The number of urea groups is 1. The molecule has 4 nitrogen and oxygen atoms in total. The fraction of sp³-hybridized carbons (Fsp3) is 0.933. The van der Waals surface area contributed by atoms with Crippen molar-refractivity contribution < 1.29 is 9.53 Å². The molecular formula is C15H30N2O2. The minimum atomic E-state index is -0.183. The van der Waals surface area contributed by atoms with E-state index in [1.807, 2.05) is 0 Å². The average Bonchev–Trinajstić information content (AvgIpc) is 2.23. The van der Waals surface area contributed by atoms with Gasteiger partial charge in [0.15, 0.2) is 0 Å². The smallest absolute Gasteiger partial charge is 0.315 e. The van der Waals surface area contributed by atoms with E-state index in [9.17, 15) is 4.79 Å². The monoisotopic (exact) mass is 270 g/mol. The summed E-state index contributed by atoms with van der Waals surface area (Å²) in [7, 11) is 0. The first kappa shape index (κ1) is 16.3. The van der Waals surface area contributed by atoms with Crippen LogP contribution in [0.15, 0.2) is 0 Å². The van der Waals surface area contributed by atoms with Gasteiger partial charge in [-0.25, -0.2) is 4.79 Å². The summed E-state index contributed by atoms with van der Waals surface area (Å²) < 4.78 is 5.31. The van der Waals surface area contributed by atoms with E-state index in [1.54, 1.807) is 0 Å². The molecule has 0 saturated carbocycles. The van der Waals surface area contributed by atoms with Crippen molar-refractivity contribution in [2.75, 3.05) is 19.8 Å². The molecule has 1 rings (SSSR count). The molecule has 0 radical (unpaired) electrons. The summed E-state index contributed by atoms with van der Waals surface area (Å²) >= 11 is 0. The molecule has 0 aliphatic carbocycles. The third kappa shape index (κ3) is 7.41. The normalized spacial score (nSPS) is 18.2. The number of hydrogen-bond acceptors (Lipinski definition) is 2. The standard InChI is InChI=1S/C15H30N2O2/c1-14(2,3)11-15(4,5)17-13(18)16-10-12-6-8-19-9-7-12/h12H,6-11H2,1-5H3,(H2,16,17,18). The number of carbonyl (C=O) groups is 1. The van der Waals surface area contributed by atoms with E-state index in [0.29, 0.717) is 5.92 Å². The van der Waals surface area contributed by atoms with Crippen LogP contribution in [0, 0.1) is 11.3 Å². The van der Waals surface area contributed by atoms with Crippen LogP contribution >= 0.6 is 0 Å². The van der Waals surface area contributed by atoms with Gasteiger partial charge in [0.05, 0.1) is 0 Å². The predicted octanol–water partition coefficient (Wildman–Crippen LogP) is 2.93. The van der Waals surface area contributed by atoms with Gasteiger partial charge in [0, 0.05) is 25.3 Å². The molecular weight excluding hydrogens is 240 g/mol. The number of carbonyl (C=O) groups excluding carboxylic acids is 1. The second kappa shape index (κ2) is 6.60. The Labute approximate surface area is 117 Å². The maximum absolute atomic E-state index is 11.9. The fourth-order valence-electron chi connectivity index (χ4n) is 2.91. The summed E-state index contributed by atoms with van der Waals surface area (Å²) in [5, 5.41) is 6.06. The van der Waals surface area contributed by atoms with E-state index < -0.39 is 0 Å². The molecule has 1 aliphatic heterocycles. The molecule has 0 aromatic carbocycles. The van der Waals surface area contributed by atoms with Gasteiger partial charge in [-0.1, -0.05) is 20.8 Å². The molecule has 4 heteroatoms. The van der Waals surface area contributed by atoms with Gasteiger partial charge < -0.3 is 15.4 Å². The van der Waals surface area contributed by atoms with E-state index >= 15 is 0 Å². The van der Waals surface area contributed by atoms with Gasteiger partial charge in [0.2, 0.25) is 0 Å². The van der Waals surface area contributed by atoms with Gasteiger partial charge in [-0.2, -0.15) is 0 Å². The molecule has 0 aromatic rings. The Hall–Kier alpha value is -0.770. The molecule has 0 unspecified atom stereocenters. The van der Waals surface area contributed by atoms with Crippen LogP contribution in [0.5, 0.6) is 0 Å². The van der Waals surface area contributed by atoms with E-state index in [1.165, 1.54) is 0 Å². The minimum absolute atomic E-state index is 0.0549. The average molecular weight is 270 g/mol. The molecule has 2 N–H and O–H groups in total. The van der Waals surface area contributed by atoms with Gasteiger partial charge in [0.1, 0.15) is 0 Å². The SMILES string of the molecule is CC(C)(C)CC(C)(C)NC(=O)NCC1CCOCC1. The second-order valence-electron chi connectivity index (χ2n) is 7.51. The van der Waals surface area contributed by atoms with E-state index in [4.69, 9.17) is 4.74 Å². The topological polar surface area (TPSA) is 50.4 Å². The highest BCUT2D eigenvalue weighted by molar-refractivity contribution is 5.74. The van der Waals surface area contributed by atoms with Crippen LogP contribution < -0.4 is 10.6 Å². The van der Waals surface area contributed by atoms with Crippen molar-refractivity contribution in [3.63, 3.8) is 0 Å². The van der Waals surface area contributed by atoms with Crippen molar-refractivity contribution in [1.82, 2.24) is 10.6 Å². The first-order valence-corrected chi connectivity index (χ1v) is 7.32. The maximum atomic E-state index is 11.9. The Bertz CT molecular complexity index is 289. The van der Waals surface area contributed by atoms with Crippen molar-refractivity contribution in [2.45, 2.75) is 59.4 Å². The van der Waals surface area contributed by atoms with E-state index in [0.717, 1.165) is 39.0 Å². The molecule has 1 heterocycles. The van der Waals surface area contributed by atoms with Crippen molar-refractivity contribution in [1.29, 1.82) is 0 Å². The Balaban J connectivity index is 2.29. The number of hydrogen-bond donors (Lipinski definition) is 2. The van der Waals surface area contributed by atoms with Crippen LogP contribution in [0.3, 0.4) is 0 Å². The molecule has 0 bridgehead atoms. The Morgan fingerprint density at radius 2 is 1.74 bits per heavy atom. The molecule has 2 amide bonds. The third-order valence-electron chi connectivity index (χ3n) is 3.32. The zero-order chi connectivity index (χ0) is 14.5. The molecule has 112 valence electrons. The van der Waals surface area contributed by atoms with Gasteiger partial charge in [-0.3, -0.25) is 0 Å². The molecule has 1 aliphatic rings. The summed E-state index contributed by atoms with van der Waals surface area (Å²) in [6, 6.07) is -0.0549. The van der Waals surface area contributed by atoms with Gasteiger partial charge in [-0.05, 0) is 44.4 Å². The lowest BCUT2D eigenvalue weighted by atomic mass is 9.82. The molecule has 0 aromatic heterocycles. The van der Waals surface area contributed by atoms with E-state index in [-0.39, 0.29) is 17.0 Å². The van der Waals surface area contributed by atoms with Crippen LogP contribution in [0.4, 0.5) is 4.79 Å². The summed E-state index contributed by atoms with van der Waals surface area (Å²) in [5.41, 5.74) is 0.0233. The molecule has 1 saturated heterocycles. The lowest BCUT2D eigenvalue weighted by Crippen LogP contribution is -2.50. The fourth-order valence-corrected chi connectivity index (χ4v) is 2.91. The quantitative estimate of drug-likeness (QED) is 0.825. The highest BCUT2D eigenvalue weighted by Gasteiger charge is 2.27. The maximum Gasteiger partial charge on any atom is 0.315 e. The number of ether oxygens (including phenoxy) is 1. The minimum Gasteiger partial charge on any atom is -0.381 e. The summed E-state index contributed by atoms with van der Waals surface area (Å²) in [4.78, 5) is 11.9. The van der Waals surface area contributed by atoms with Crippen LogP contribution in [0.1, 0.15) is 53.9 Å².